The molecule has 2 aliphatic heterocycles. The molecule has 1 atom stereocenters. The van der Waals surface area contributed by atoms with Crippen molar-refractivity contribution in [3.8, 4) is 0 Å². The lowest BCUT2D eigenvalue weighted by molar-refractivity contribution is -0.117. The molecule has 2 fully saturated rings. The standard InChI is InChI=1S/C22H24N4O/c27-22-7-6-20(26(22)19-10-14-25-15-11-23-21(25)16-19)17-8-12-24(13-9-17)18-4-2-1-3-5-18/h1-5,10-11,14-17,20H,6-9,12-13H2. The molecular weight excluding hydrogens is 336 g/mol. The van der Waals surface area contributed by atoms with Crippen LogP contribution in [-0.4, -0.2) is 34.4 Å². The first-order valence-electron chi connectivity index (χ1n) is 9.84. The van der Waals surface area contributed by atoms with Crippen molar-refractivity contribution in [2.24, 2.45) is 5.92 Å². The number of benzene rings is 1. The first kappa shape index (κ1) is 16.4. The fourth-order valence-corrected chi connectivity index (χ4v) is 4.72. The van der Waals surface area contributed by atoms with Gasteiger partial charge in [0.05, 0.1) is 0 Å². The summed E-state index contributed by atoms with van der Waals surface area (Å²) in [5.74, 6) is 0.814. The molecule has 2 aliphatic rings. The highest BCUT2D eigenvalue weighted by molar-refractivity contribution is 5.96. The zero-order chi connectivity index (χ0) is 18.2. The van der Waals surface area contributed by atoms with E-state index >= 15 is 0 Å². The third-order valence-corrected chi connectivity index (χ3v) is 6.12. The Bertz CT molecular complexity index is 943. The number of aromatic nitrogens is 2. The van der Waals surface area contributed by atoms with Crippen LogP contribution in [0.25, 0.3) is 5.65 Å². The van der Waals surface area contributed by atoms with Crippen molar-refractivity contribution >= 4 is 22.9 Å². The smallest absolute Gasteiger partial charge is 0.227 e. The Morgan fingerprint density at radius 3 is 2.56 bits per heavy atom. The lowest BCUT2D eigenvalue weighted by Gasteiger charge is -2.39. The predicted octanol–water partition coefficient (Wildman–Crippen LogP) is 3.75. The average Bonchev–Trinajstić information content (AvgIpc) is 3.34. The van der Waals surface area contributed by atoms with Crippen LogP contribution in [0.4, 0.5) is 11.4 Å². The minimum absolute atomic E-state index is 0.251. The number of hydrogen-bond acceptors (Lipinski definition) is 3. The van der Waals surface area contributed by atoms with E-state index in [4.69, 9.17) is 0 Å². The number of carbonyl (C=O) groups excluding carboxylic acids is 1. The molecule has 1 unspecified atom stereocenters. The molecule has 0 bridgehead atoms. The summed E-state index contributed by atoms with van der Waals surface area (Å²) in [5, 5.41) is 0. The minimum atomic E-state index is 0.251. The molecule has 5 nitrogen and oxygen atoms in total. The molecule has 0 spiro atoms. The average molecular weight is 360 g/mol. The van der Waals surface area contributed by atoms with Crippen molar-refractivity contribution in [2.45, 2.75) is 31.7 Å². The van der Waals surface area contributed by atoms with E-state index < -0.39 is 0 Å². The van der Waals surface area contributed by atoms with Crippen LogP contribution >= 0.6 is 0 Å². The van der Waals surface area contributed by atoms with Gasteiger partial charge in [-0.05, 0) is 43.4 Å². The molecule has 27 heavy (non-hydrogen) atoms. The molecule has 5 heteroatoms. The summed E-state index contributed by atoms with van der Waals surface area (Å²) < 4.78 is 1.98. The highest BCUT2D eigenvalue weighted by Crippen LogP contribution is 2.36. The number of piperidine rings is 1. The van der Waals surface area contributed by atoms with E-state index in [-0.39, 0.29) is 5.91 Å². The van der Waals surface area contributed by atoms with Gasteiger partial charge in [-0.3, -0.25) is 4.79 Å². The monoisotopic (exact) mass is 360 g/mol. The number of anilines is 2. The number of amides is 1. The molecule has 2 aromatic heterocycles. The van der Waals surface area contributed by atoms with Crippen LogP contribution in [0.2, 0.25) is 0 Å². The zero-order valence-electron chi connectivity index (χ0n) is 15.4. The molecule has 2 saturated heterocycles. The van der Waals surface area contributed by atoms with E-state index in [0.717, 1.165) is 43.7 Å². The molecule has 0 radical (unpaired) electrons. The molecule has 3 aromatic rings. The highest BCUT2D eigenvalue weighted by atomic mass is 16.2. The molecule has 0 saturated carbocycles. The number of imidazole rings is 1. The quantitative estimate of drug-likeness (QED) is 0.714. The Hall–Kier alpha value is -2.82. The van der Waals surface area contributed by atoms with Gasteiger partial charge in [-0.15, -0.1) is 0 Å². The molecule has 1 amide bonds. The topological polar surface area (TPSA) is 40.9 Å². The second-order valence-corrected chi connectivity index (χ2v) is 7.61. The summed E-state index contributed by atoms with van der Waals surface area (Å²) in [6.45, 7) is 2.12. The second-order valence-electron chi connectivity index (χ2n) is 7.61. The van der Waals surface area contributed by atoms with Gasteiger partial charge < -0.3 is 14.2 Å². The van der Waals surface area contributed by atoms with E-state index in [1.54, 1.807) is 6.20 Å². The number of rotatable bonds is 3. The van der Waals surface area contributed by atoms with E-state index in [2.05, 4.69) is 45.1 Å². The maximum Gasteiger partial charge on any atom is 0.227 e. The fourth-order valence-electron chi connectivity index (χ4n) is 4.72. The predicted molar refractivity (Wildman–Crippen MR) is 107 cm³/mol. The van der Waals surface area contributed by atoms with Gasteiger partial charge in [0.25, 0.3) is 0 Å². The Balaban J connectivity index is 1.34. The van der Waals surface area contributed by atoms with Crippen molar-refractivity contribution in [3.63, 3.8) is 0 Å². The largest absolute Gasteiger partial charge is 0.372 e. The van der Waals surface area contributed by atoms with Crippen LogP contribution in [-0.2, 0) is 4.79 Å². The molecule has 138 valence electrons. The Kier molecular flexibility index (Phi) is 4.07. The first-order chi connectivity index (χ1) is 13.3. The maximum atomic E-state index is 12.7. The summed E-state index contributed by atoms with van der Waals surface area (Å²) in [6.07, 6.45) is 9.61. The van der Waals surface area contributed by atoms with Gasteiger partial charge in [0.2, 0.25) is 5.91 Å². The fraction of sp³-hybridized carbons (Fsp3) is 0.364. The van der Waals surface area contributed by atoms with Gasteiger partial charge in [0, 0.05) is 61.6 Å². The van der Waals surface area contributed by atoms with Crippen molar-refractivity contribution < 1.29 is 4.79 Å². The Morgan fingerprint density at radius 1 is 0.926 bits per heavy atom. The van der Waals surface area contributed by atoms with Gasteiger partial charge >= 0.3 is 0 Å². The summed E-state index contributed by atoms with van der Waals surface area (Å²) in [7, 11) is 0. The second kappa shape index (κ2) is 6.72. The van der Waals surface area contributed by atoms with Crippen molar-refractivity contribution in [1.29, 1.82) is 0 Å². The van der Waals surface area contributed by atoms with Gasteiger partial charge in [-0.1, -0.05) is 18.2 Å². The molecule has 4 heterocycles. The van der Waals surface area contributed by atoms with Gasteiger partial charge in [0.1, 0.15) is 5.65 Å². The van der Waals surface area contributed by atoms with Gasteiger partial charge in [-0.25, -0.2) is 4.98 Å². The van der Waals surface area contributed by atoms with E-state index in [9.17, 15) is 4.79 Å². The Labute approximate surface area is 159 Å². The van der Waals surface area contributed by atoms with Crippen LogP contribution in [0.5, 0.6) is 0 Å². The number of pyridine rings is 1. The third-order valence-electron chi connectivity index (χ3n) is 6.12. The van der Waals surface area contributed by atoms with Crippen molar-refractivity contribution in [1.82, 2.24) is 9.38 Å². The number of para-hydroxylation sites is 1. The normalized spacial score (nSPS) is 21.3. The number of carbonyl (C=O) groups is 1. The lowest BCUT2D eigenvalue weighted by atomic mass is 9.87. The molecule has 0 aliphatic carbocycles. The van der Waals surface area contributed by atoms with Crippen molar-refractivity contribution in [3.05, 3.63) is 61.1 Å². The maximum absolute atomic E-state index is 12.7. The van der Waals surface area contributed by atoms with Crippen molar-refractivity contribution in [2.75, 3.05) is 22.9 Å². The van der Waals surface area contributed by atoms with Crippen LogP contribution in [0.3, 0.4) is 0 Å². The summed E-state index contributed by atoms with van der Waals surface area (Å²) in [5.41, 5.74) is 3.19. The van der Waals surface area contributed by atoms with Gasteiger partial charge in [-0.2, -0.15) is 0 Å². The van der Waals surface area contributed by atoms with E-state index in [1.807, 2.05) is 28.9 Å². The first-order valence-corrected chi connectivity index (χ1v) is 9.84. The minimum Gasteiger partial charge on any atom is -0.372 e. The third kappa shape index (κ3) is 2.97. The summed E-state index contributed by atoms with van der Waals surface area (Å²) >= 11 is 0. The van der Waals surface area contributed by atoms with Crippen LogP contribution in [0.1, 0.15) is 25.7 Å². The summed E-state index contributed by atoms with van der Waals surface area (Å²) in [6, 6.07) is 15.0. The van der Waals surface area contributed by atoms with E-state index in [1.165, 1.54) is 5.69 Å². The number of fused-ring (bicyclic) bond motifs is 1. The molecule has 0 N–H and O–H groups in total. The van der Waals surface area contributed by atoms with E-state index in [0.29, 0.717) is 18.4 Å². The SMILES string of the molecule is O=C1CCC(C2CCN(c3ccccc3)CC2)N1c1ccn2ccnc2c1. The molecular formula is C22H24N4O. The molecule has 1 aromatic carbocycles. The zero-order valence-corrected chi connectivity index (χ0v) is 15.4. The Morgan fingerprint density at radius 2 is 1.74 bits per heavy atom. The highest BCUT2D eigenvalue weighted by Gasteiger charge is 2.38. The summed E-state index contributed by atoms with van der Waals surface area (Å²) in [4.78, 5) is 21.6. The van der Waals surface area contributed by atoms with Crippen LogP contribution in [0, 0.1) is 5.92 Å². The number of nitrogens with zero attached hydrogens (tertiary/aromatic N) is 4. The lowest BCUT2D eigenvalue weighted by Crippen LogP contribution is -2.44. The van der Waals surface area contributed by atoms with Gasteiger partial charge in [0.15, 0.2) is 0 Å². The van der Waals surface area contributed by atoms with Crippen LogP contribution in [0.15, 0.2) is 61.1 Å². The van der Waals surface area contributed by atoms with Crippen LogP contribution < -0.4 is 9.80 Å². The number of hydrogen-bond donors (Lipinski definition) is 0. The molecule has 5 rings (SSSR count).